The maximum atomic E-state index is 12.6. The first kappa shape index (κ1) is 12.2. The molecule has 1 saturated heterocycles. The van der Waals surface area contributed by atoms with Gasteiger partial charge in [-0.3, -0.25) is 13.9 Å². The van der Waals surface area contributed by atoms with Gasteiger partial charge in [-0.05, 0) is 19.9 Å². The molecular formula is C12H17N5O2. The van der Waals surface area contributed by atoms with Crippen LogP contribution in [0.2, 0.25) is 0 Å². The lowest BCUT2D eigenvalue weighted by Crippen LogP contribution is -2.42. The summed E-state index contributed by atoms with van der Waals surface area (Å²) in [4.78, 5) is 29.1. The summed E-state index contributed by atoms with van der Waals surface area (Å²) in [5.74, 6) is 0. The van der Waals surface area contributed by atoms with E-state index in [4.69, 9.17) is 0 Å². The molecule has 19 heavy (non-hydrogen) atoms. The van der Waals surface area contributed by atoms with Crippen molar-refractivity contribution in [2.24, 2.45) is 7.05 Å². The highest BCUT2D eigenvalue weighted by molar-refractivity contribution is 5.69. The number of nitrogens with one attached hydrogen (secondary N) is 1. The molecule has 102 valence electrons. The summed E-state index contributed by atoms with van der Waals surface area (Å²) in [7, 11) is 1.66. The van der Waals surface area contributed by atoms with Crippen LogP contribution >= 0.6 is 0 Å². The van der Waals surface area contributed by atoms with Gasteiger partial charge in [-0.2, -0.15) is 0 Å². The van der Waals surface area contributed by atoms with Gasteiger partial charge in [-0.25, -0.2) is 9.78 Å². The number of aromatic nitrogens is 4. The van der Waals surface area contributed by atoms with Crippen LogP contribution in [0.4, 0.5) is 0 Å². The van der Waals surface area contributed by atoms with Gasteiger partial charge in [0.1, 0.15) is 0 Å². The summed E-state index contributed by atoms with van der Waals surface area (Å²) in [6.45, 7) is 4.12. The highest BCUT2D eigenvalue weighted by Crippen LogP contribution is 2.12. The number of imidazole rings is 1. The van der Waals surface area contributed by atoms with Crippen LogP contribution in [0.3, 0.4) is 0 Å². The molecular weight excluding hydrogens is 246 g/mol. The van der Waals surface area contributed by atoms with Crippen LogP contribution in [0.5, 0.6) is 0 Å². The van der Waals surface area contributed by atoms with Gasteiger partial charge in [0.2, 0.25) is 0 Å². The minimum atomic E-state index is -0.285. The molecule has 0 saturated carbocycles. The van der Waals surface area contributed by atoms with E-state index < -0.39 is 0 Å². The second-order valence-corrected chi connectivity index (χ2v) is 4.87. The molecule has 1 atom stereocenters. The van der Waals surface area contributed by atoms with Crippen molar-refractivity contribution >= 4 is 11.2 Å². The van der Waals surface area contributed by atoms with Gasteiger partial charge in [0.15, 0.2) is 11.2 Å². The fraction of sp³-hybridized carbons (Fsp3) is 0.583. The molecule has 1 aliphatic heterocycles. The summed E-state index contributed by atoms with van der Waals surface area (Å²) >= 11 is 0. The third kappa shape index (κ3) is 1.65. The normalized spacial score (nSPS) is 19.4. The number of rotatable bonds is 2. The van der Waals surface area contributed by atoms with E-state index in [1.807, 2.05) is 6.92 Å². The molecule has 1 unspecified atom stereocenters. The molecule has 0 bridgehead atoms. The number of hydrogen-bond donors (Lipinski definition) is 1. The summed E-state index contributed by atoms with van der Waals surface area (Å²) in [6, 6.07) is -0.0594. The topological polar surface area (TPSA) is 73.8 Å². The zero-order valence-corrected chi connectivity index (χ0v) is 11.1. The van der Waals surface area contributed by atoms with Gasteiger partial charge in [0, 0.05) is 20.1 Å². The quantitative estimate of drug-likeness (QED) is 0.789. The van der Waals surface area contributed by atoms with Crippen molar-refractivity contribution in [3.05, 3.63) is 27.2 Å². The first-order valence-corrected chi connectivity index (χ1v) is 6.52. The number of fused-ring (bicyclic) bond motifs is 1. The van der Waals surface area contributed by atoms with Crippen molar-refractivity contribution in [1.82, 2.24) is 24.0 Å². The van der Waals surface area contributed by atoms with Crippen molar-refractivity contribution in [3.8, 4) is 0 Å². The van der Waals surface area contributed by atoms with Gasteiger partial charge in [0.25, 0.3) is 5.56 Å². The zero-order chi connectivity index (χ0) is 13.6. The summed E-state index contributed by atoms with van der Waals surface area (Å²) in [5, 5.41) is 3.18. The predicted octanol–water partition coefficient (Wildman–Crippen LogP) is -0.549. The van der Waals surface area contributed by atoms with E-state index in [-0.39, 0.29) is 17.3 Å². The fourth-order valence-corrected chi connectivity index (χ4v) is 2.71. The van der Waals surface area contributed by atoms with Crippen LogP contribution in [0.15, 0.2) is 15.9 Å². The maximum Gasteiger partial charge on any atom is 0.332 e. The Hall–Kier alpha value is -1.89. The Labute approximate surface area is 109 Å². The van der Waals surface area contributed by atoms with Gasteiger partial charge >= 0.3 is 5.69 Å². The molecule has 2 aromatic heterocycles. The first-order chi connectivity index (χ1) is 9.15. The van der Waals surface area contributed by atoms with Crippen molar-refractivity contribution in [2.75, 3.05) is 13.1 Å². The minimum Gasteiger partial charge on any atom is -0.325 e. The Morgan fingerprint density at radius 2 is 2.26 bits per heavy atom. The third-order valence-corrected chi connectivity index (χ3v) is 3.79. The average Bonchev–Trinajstić information content (AvgIpc) is 3.05. The van der Waals surface area contributed by atoms with Crippen molar-refractivity contribution < 1.29 is 0 Å². The van der Waals surface area contributed by atoms with Crippen LogP contribution in [0, 0.1) is 0 Å². The molecule has 7 heteroatoms. The standard InChI is InChI=1S/C12H17N5O2/c1-3-16-7-14-10-9(16)11(18)17(12(19)15(10)2)8-4-5-13-6-8/h7-8,13H,3-6H2,1-2H3. The highest BCUT2D eigenvalue weighted by Gasteiger charge is 2.23. The Kier molecular flexibility index (Phi) is 2.78. The molecule has 2 aromatic rings. The predicted molar refractivity (Wildman–Crippen MR) is 71.4 cm³/mol. The van der Waals surface area contributed by atoms with E-state index in [1.54, 1.807) is 17.9 Å². The van der Waals surface area contributed by atoms with E-state index in [0.717, 1.165) is 13.0 Å². The Morgan fingerprint density at radius 1 is 1.47 bits per heavy atom. The second kappa shape index (κ2) is 4.34. The first-order valence-electron chi connectivity index (χ1n) is 6.52. The zero-order valence-electron chi connectivity index (χ0n) is 11.1. The van der Waals surface area contributed by atoms with Crippen LogP contribution in [0.1, 0.15) is 19.4 Å². The maximum absolute atomic E-state index is 12.6. The van der Waals surface area contributed by atoms with E-state index in [2.05, 4.69) is 10.3 Å². The SMILES string of the molecule is CCn1cnc2c1c(=O)n(C1CCNC1)c(=O)n2C. The molecule has 0 radical (unpaired) electrons. The average molecular weight is 263 g/mol. The Bertz CT molecular complexity index is 733. The minimum absolute atomic E-state index is 0.0594. The van der Waals surface area contributed by atoms with Crippen molar-refractivity contribution in [1.29, 1.82) is 0 Å². The van der Waals surface area contributed by atoms with Gasteiger partial charge in [-0.1, -0.05) is 0 Å². The van der Waals surface area contributed by atoms with Crippen LogP contribution in [0.25, 0.3) is 11.2 Å². The molecule has 0 spiro atoms. The number of aryl methyl sites for hydroxylation is 2. The molecule has 3 heterocycles. The third-order valence-electron chi connectivity index (χ3n) is 3.79. The lowest BCUT2D eigenvalue weighted by molar-refractivity contribution is 0.491. The van der Waals surface area contributed by atoms with E-state index in [0.29, 0.717) is 24.3 Å². The van der Waals surface area contributed by atoms with Gasteiger partial charge in [-0.15, -0.1) is 0 Å². The van der Waals surface area contributed by atoms with Crippen LogP contribution in [-0.2, 0) is 13.6 Å². The lowest BCUT2D eigenvalue weighted by atomic mass is 10.2. The van der Waals surface area contributed by atoms with Crippen LogP contribution < -0.4 is 16.6 Å². The van der Waals surface area contributed by atoms with Crippen molar-refractivity contribution in [2.45, 2.75) is 25.9 Å². The molecule has 7 nitrogen and oxygen atoms in total. The molecule has 3 rings (SSSR count). The van der Waals surface area contributed by atoms with E-state index >= 15 is 0 Å². The van der Waals surface area contributed by atoms with E-state index in [1.165, 1.54) is 9.13 Å². The van der Waals surface area contributed by atoms with Gasteiger partial charge < -0.3 is 9.88 Å². The molecule has 0 aromatic carbocycles. The van der Waals surface area contributed by atoms with E-state index in [9.17, 15) is 9.59 Å². The summed E-state index contributed by atoms with van der Waals surface area (Å²) < 4.78 is 4.62. The molecule has 0 aliphatic carbocycles. The molecule has 1 N–H and O–H groups in total. The summed E-state index contributed by atoms with van der Waals surface area (Å²) in [6.07, 6.45) is 2.42. The van der Waals surface area contributed by atoms with Crippen molar-refractivity contribution in [3.63, 3.8) is 0 Å². The molecule has 1 fully saturated rings. The Morgan fingerprint density at radius 3 is 2.89 bits per heavy atom. The number of hydrogen-bond acceptors (Lipinski definition) is 4. The second-order valence-electron chi connectivity index (χ2n) is 4.87. The van der Waals surface area contributed by atoms with Crippen LogP contribution in [-0.4, -0.2) is 31.8 Å². The summed E-state index contributed by atoms with van der Waals surface area (Å²) in [5.41, 5.74) is 0.453. The van der Waals surface area contributed by atoms with Gasteiger partial charge in [0.05, 0.1) is 12.4 Å². The molecule has 0 amide bonds. The molecule has 1 aliphatic rings. The largest absolute Gasteiger partial charge is 0.332 e. The fourth-order valence-electron chi connectivity index (χ4n) is 2.71. The lowest BCUT2D eigenvalue weighted by Gasteiger charge is -2.14. The highest BCUT2D eigenvalue weighted by atomic mass is 16.2. The Balaban J connectivity index is 2.38. The monoisotopic (exact) mass is 263 g/mol. The number of nitrogens with zero attached hydrogens (tertiary/aromatic N) is 4. The smallest absolute Gasteiger partial charge is 0.325 e.